The number of aromatic nitrogens is 1. The van der Waals surface area contributed by atoms with Gasteiger partial charge in [0.2, 0.25) is 0 Å². The number of esters is 1. The van der Waals surface area contributed by atoms with E-state index in [-0.39, 0.29) is 28.7 Å². The predicted molar refractivity (Wildman–Crippen MR) is 120 cm³/mol. The molecule has 2 aromatic carbocycles. The SMILES string of the molecule is COc1ccnc(C(=O)N[C@@H](C)C(=O)OC(C)C2(c3cccc4ccccc34)CC2)c1O. The van der Waals surface area contributed by atoms with Crippen molar-refractivity contribution in [2.75, 3.05) is 7.11 Å². The second-order valence-corrected chi connectivity index (χ2v) is 8.17. The van der Waals surface area contributed by atoms with E-state index in [0.717, 1.165) is 23.6 Å². The van der Waals surface area contributed by atoms with E-state index in [1.807, 2.05) is 25.1 Å². The molecule has 1 aliphatic carbocycles. The summed E-state index contributed by atoms with van der Waals surface area (Å²) >= 11 is 0. The zero-order valence-corrected chi connectivity index (χ0v) is 18.3. The molecule has 0 bridgehead atoms. The van der Waals surface area contributed by atoms with Gasteiger partial charge in [0.15, 0.2) is 17.2 Å². The summed E-state index contributed by atoms with van der Waals surface area (Å²) in [7, 11) is 1.38. The zero-order valence-electron chi connectivity index (χ0n) is 18.3. The van der Waals surface area contributed by atoms with Gasteiger partial charge >= 0.3 is 5.97 Å². The minimum atomic E-state index is -0.916. The molecule has 1 saturated carbocycles. The van der Waals surface area contributed by atoms with Crippen LogP contribution in [0.25, 0.3) is 10.8 Å². The summed E-state index contributed by atoms with van der Waals surface area (Å²) in [6.45, 7) is 3.44. The van der Waals surface area contributed by atoms with Gasteiger partial charge in [-0.2, -0.15) is 0 Å². The van der Waals surface area contributed by atoms with E-state index in [4.69, 9.17) is 9.47 Å². The van der Waals surface area contributed by atoms with Gasteiger partial charge in [0.05, 0.1) is 7.11 Å². The van der Waals surface area contributed by atoms with E-state index in [2.05, 4.69) is 34.6 Å². The average Bonchev–Trinajstić information content (AvgIpc) is 3.60. The summed E-state index contributed by atoms with van der Waals surface area (Å²) in [6.07, 6.45) is 2.85. The monoisotopic (exact) mass is 434 g/mol. The third-order valence-electron chi connectivity index (χ3n) is 6.21. The number of rotatable bonds is 7. The zero-order chi connectivity index (χ0) is 22.9. The molecule has 1 aliphatic rings. The second kappa shape index (κ2) is 8.49. The van der Waals surface area contributed by atoms with Gasteiger partial charge in [0.1, 0.15) is 12.1 Å². The molecule has 2 N–H and O–H groups in total. The van der Waals surface area contributed by atoms with Crippen LogP contribution in [-0.4, -0.2) is 41.2 Å². The van der Waals surface area contributed by atoms with Crippen molar-refractivity contribution in [1.82, 2.24) is 10.3 Å². The number of hydrogen-bond donors (Lipinski definition) is 2. The quantitative estimate of drug-likeness (QED) is 0.550. The fourth-order valence-electron chi connectivity index (χ4n) is 4.17. The van der Waals surface area contributed by atoms with Crippen molar-refractivity contribution in [1.29, 1.82) is 0 Å². The molecule has 1 aromatic heterocycles. The Balaban J connectivity index is 1.46. The van der Waals surface area contributed by atoms with Crippen molar-refractivity contribution in [2.45, 2.75) is 44.2 Å². The summed E-state index contributed by atoms with van der Waals surface area (Å²) in [5.74, 6) is -1.48. The van der Waals surface area contributed by atoms with Crippen LogP contribution in [0.2, 0.25) is 0 Å². The molecule has 166 valence electrons. The van der Waals surface area contributed by atoms with E-state index in [1.54, 1.807) is 6.92 Å². The van der Waals surface area contributed by atoms with Crippen LogP contribution in [0.15, 0.2) is 54.7 Å². The highest BCUT2D eigenvalue weighted by molar-refractivity contribution is 5.97. The smallest absolute Gasteiger partial charge is 0.328 e. The molecule has 0 radical (unpaired) electrons. The largest absolute Gasteiger partial charge is 0.503 e. The Bertz CT molecular complexity index is 1170. The third kappa shape index (κ3) is 3.86. The number of nitrogens with one attached hydrogen (secondary N) is 1. The molecule has 0 spiro atoms. The van der Waals surface area contributed by atoms with Crippen molar-refractivity contribution in [2.24, 2.45) is 0 Å². The number of carbonyl (C=O) groups excluding carboxylic acids is 2. The number of pyridine rings is 1. The molecule has 0 aliphatic heterocycles. The molecule has 4 rings (SSSR count). The molecular formula is C25H26N2O5. The van der Waals surface area contributed by atoms with Crippen LogP contribution in [0, 0.1) is 0 Å². The minimum Gasteiger partial charge on any atom is -0.503 e. The van der Waals surface area contributed by atoms with Gasteiger partial charge in [-0.05, 0) is 43.0 Å². The number of methoxy groups -OCH3 is 1. The van der Waals surface area contributed by atoms with Crippen LogP contribution in [0.4, 0.5) is 0 Å². The van der Waals surface area contributed by atoms with Crippen LogP contribution in [0.3, 0.4) is 0 Å². The number of benzene rings is 2. The Kier molecular flexibility index (Phi) is 5.74. The summed E-state index contributed by atoms with van der Waals surface area (Å²) in [5, 5.41) is 15.0. The van der Waals surface area contributed by atoms with E-state index >= 15 is 0 Å². The molecule has 7 nitrogen and oxygen atoms in total. The van der Waals surface area contributed by atoms with E-state index in [9.17, 15) is 14.7 Å². The molecule has 0 saturated heterocycles. The Hall–Kier alpha value is -3.61. The van der Waals surface area contributed by atoms with Crippen LogP contribution in [0.5, 0.6) is 11.5 Å². The summed E-state index contributed by atoms with van der Waals surface area (Å²) in [6, 6.07) is 14.9. The first-order valence-corrected chi connectivity index (χ1v) is 10.6. The Morgan fingerprint density at radius 1 is 1.09 bits per heavy atom. The Morgan fingerprint density at radius 2 is 1.81 bits per heavy atom. The molecular weight excluding hydrogens is 408 g/mol. The molecule has 3 aromatic rings. The molecule has 1 fully saturated rings. The number of carbonyl (C=O) groups is 2. The standard InChI is InChI=1S/C25H26N2O5/c1-15(27-23(29)21-22(28)20(31-3)11-14-26-21)24(30)32-16(2)25(12-13-25)19-10-6-8-17-7-4-5-9-18(17)19/h4-11,14-16,28H,12-13H2,1-3H3,(H,27,29)/t15-,16?/m0/s1. The van der Waals surface area contributed by atoms with Crippen molar-refractivity contribution >= 4 is 22.6 Å². The highest BCUT2D eigenvalue weighted by Crippen LogP contribution is 2.53. The molecule has 32 heavy (non-hydrogen) atoms. The number of hydrogen-bond acceptors (Lipinski definition) is 6. The summed E-state index contributed by atoms with van der Waals surface area (Å²) in [4.78, 5) is 29.2. The van der Waals surface area contributed by atoms with Crippen LogP contribution in [0.1, 0.15) is 42.7 Å². The number of amides is 1. The third-order valence-corrected chi connectivity index (χ3v) is 6.21. The molecule has 1 amide bonds. The van der Waals surface area contributed by atoms with E-state index < -0.39 is 17.9 Å². The highest BCUT2D eigenvalue weighted by atomic mass is 16.5. The minimum absolute atomic E-state index is 0.125. The Labute approximate surface area is 186 Å². The van der Waals surface area contributed by atoms with Gasteiger partial charge in [0.25, 0.3) is 5.91 Å². The topological polar surface area (TPSA) is 97.8 Å². The van der Waals surface area contributed by atoms with Crippen molar-refractivity contribution < 1.29 is 24.2 Å². The van der Waals surface area contributed by atoms with Gasteiger partial charge in [-0.1, -0.05) is 42.5 Å². The lowest BCUT2D eigenvalue weighted by Crippen LogP contribution is -2.42. The van der Waals surface area contributed by atoms with Crippen molar-refractivity contribution in [3.63, 3.8) is 0 Å². The van der Waals surface area contributed by atoms with E-state index in [1.165, 1.54) is 24.9 Å². The number of ether oxygens (including phenoxy) is 2. The lowest BCUT2D eigenvalue weighted by Gasteiger charge is -2.27. The van der Waals surface area contributed by atoms with Gasteiger partial charge in [-0.3, -0.25) is 4.79 Å². The van der Waals surface area contributed by atoms with E-state index in [0.29, 0.717) is 0 Å². The van der Waals surface area contributed by atoms with Crippen LogP contribution >= 0.6 is 0 Å². The number of nitrogens with zero attached hydrogens (tertiary/aromatic N) is 1. The normalized spacial score (nSPS) is 16.1. The maximum Gasteiger partial charge on any atom is 0.328 e. The maximum absolute atomic E-state index is 12.8. The summed E-state index contributed by atoms with van der Waals surface area (Å²) in [5.41, 5.74) is 0.733. The van der Waals surface area contributed by atoms with Gasteiger partial charge in [-0.25, -0.2) is 9.78 Å². The number of aromatic hydroxyl groups is 1. The maximum atomic E-state index is 12.8. The van der Waals surface area contributed by atoms with Gasteiger partial charge in [-0.15, -0.1) is 0 Å². The average molecular weight is 434 g/mol. The Morgan fingerprint density at radius 3 is 2.53 bits per heavy atom. The first-order chi connectivity index (χ1) is 15.4. The second-order valence-electron chi connectivity index (χ2n) is 8.17. The highest BCUT2D eigenvalue weighted by Gasteiger charge is 2.51. The van der Waals surface area contributed by atoms with Gasteiger partial charge < -0.3 is 19.9 Å². The lowest BCUT2D eigenvalue weighted by atomic mass is 9.87. The van der Waals surface area contributed by atoms with Gasteiger partial charge in [0, 0.05) is 17.7 Å². The summed E-state index contributed by atoms with van der Waals surface area (Å²) < 4.78 is 10.8. The number of fused-ring (bicyclic) bond motifs is 1. The lowest BCUT2D eigenvalue weighted by molar-refractivity contribution is -0.151. The molecule has 1 heterocycles. The fraction of sp³-hybridized carbons (Fsp3) is 0.320. The van der Waals surface area contributed by atoms with Crippen molar-refractivity contribution in [3.8, 4) is 11.5 Å². The predicted octanol–water partition coefficient (Wildman–Crippen LogP) is 3.73. The first kappa shape index (κ1) is 21.6. The van der Waals surface area contributed by atoms with Crippen molar-refractivity contribution in [3.05, 3.63) is 66.0 Å². The van der Waals surface area contributed by atoms with Crippen LogP contribution in [-0.2, 0) is 14.9 Å². The fourth-order valence-corrected chi connectivity index (χ4v) is 4.17. The van der Waals surface area contributed by atoms with Crippen LogP contribution < -0.4 is 10.1 Å². The molecule has 1 unspecified atom stereocenters. The first-order valence-electron chi connectivity index (χ1n) is 10.6. The molecule has 2 atom stereocenters. The molecule has 7 heteroatoms.